The minimum absolute atomic E-state index is 0.0288. The first kappa shape index (κ1) is 18.7. The fourth-order valence-corrected chi connectivity index (χ4v) is 4.15. The number of alkyl halides is 1. The molecule has 28 heavy (non-hydrogen) atoms. The van der Waals surface area contributed by atoms with E-state index in [2.05, 4.69) is 10.3 Å². The molecule has 5 nitrogen and oxygen atoms in total. The van der Waals surface area contributed by atoms with Gasteiger partial charge in [0, 0.05) is 19.0 Å². The molecular weight excluding hydrogens is 359 g/mol. The molecule has 4 atom stereocenters. The predicted molar refractivity (Wildman–Crippen MR) is 102 cm³/mol. The number of hydrogen-bond acceptors (Lipinski definition) is 4. The van der Waals surface area contributed by atoms with Crippen molar-refractivity contribution in [1.29, 1.82) is 0 Å². The molecular formula is C22H23FN2O3. The summed E-state index contributed by atoms with van der Waals surface area (Å²) in [5.41, 5.74) is 1.72. The van der Waals surface area contributed by atoms with E-state index >= 15 is 0 Å². The third-order valence-corrected chi connectivity index (χ3v) is 5.89. The van der Waals surface area contributed by atoms with Gasteiger partial charge >= 0.3 is 0 Å². The average molecular weight is 382 g/mol. The lowest BCUT2D eigenvalue weighted by Crippen LogP contribution is -2.21. The summed E-state index contributed by atoms with van der Waals surface area (Å²) in [6.45, 7) is 0.795. The van der Waals surface area contributed by atoms with Gasteiger partial charge in [-0.1, -0.05) is 30.3 Å². The first-order valence-electron chi connectivity index (χ1n) is 9.58. The van der Waals surface area contributed by atoms with Crippen LogP contribution in [0.3, 0.4) is 0 Å². The third kappa shape index (κ3) is 3.56. The fraction of sp³-hybridized carbons (Fsp3) is 0.409. The molecule has 1 unspecified atom stereocenters. The fourth-order valence-electron chi connectivity index (χ4n) is 4.15. The van der Waals surface area contributed by atoms with Gasteiger partial charge in [0.2, 0.25) is 0 Å². The van der Waals surface area contributed by atoms with E-state index in [1.807, 2.05) is 30.3 Å². The van der Waals surface area contributed by atoms with Crippen LogP contribution in [0.4, 0.5) is 4.39 Å². The standard InChI is InChI=1S/C22H23FN2O3/c1-24-22(27)20-8-14(21(26)9-15-17-11-28-12-18(15)17)7-19(25-20)16(10-23)13-5-3-2-4-6-13/h2-8,15-18H,9-12H2,1H3,(H,24,27)/t15?,16-,17-,18+/m0/s1. The van der Waals surface area contributed by atoms with E-state index in [1.165, 1.54) is 13.1 Å². The lowest BCUT2D eigenvalue weighted by Gasteiger charge is -2.16. The van der Waals surface area contributed by atoms with Crippen molar-refractivity contribution in [3.63, 3.8) is 0 Å². The number of halogens is 1. The molecule has 1 aliphatic carbocycles. The van der Waals surface area contributed by atoms with Crippen LogP contribution in [0.1, 0.15) is 44.4 Å². The molecule has 0 radical (unpaired) electrons. The summed E-state index contributed by atoms with van der Waals surface area (Å²) in [7, 11) is 1.51. The van der Waals surface area contributed by atoms with Crippen molar-refractivity contribution in [3.8, 4) is 0 Å². The Kier molecular flexibility index (Phi) is 5.22. The van der Waals surface area contributed by atoms with E-state index in [-0.39, 0.29) is 11.5 Å². The second-order valence-electron chi connectivity index (χ2n) is 7.52. The number of nitrogens with one attached hydrogen (secondary N) is 1. The lowest BCUT2D eigenvalue weighted by atomic mass is 9.93. The zero-order chi connectivity index (χ0) is 19.7. The number of aromatic nitrogens is 1. The van der Waals surface area contributed by atoms with Gasteiger partial charge in [0.1, 0.15) is 12.4 Å². The van der Waals surface area contributed by atoms with E-state index in [1.54, 1.807) is 6.07 Å². The van der Waals surface area contributed by atoms with Crippen molar-refractivity contribution >= 4 is 11.7 Å². The summed E-state index contributed by atoms with van der Waals surface area (Å²) < 4.78 is 19.3. The van der Waals surface area contributed by atoms with Gasteiger partial charge in [0.15, 0.2) is 5.78 Å². The highest BCUT2D eigenvalue weighted by Crippen LogP contribution is 2.53. The Morgan fingerprint density at radius 1 is 1.21 bits per heavy atom. The van der Waals surface area contributed by atoms with Crippen molar-refractivity contribution in [2.75, 3.05) is 26.9 Å². The largest absolute Gasteiger partial charge is 0.381 e. The molecule has 146 valence electrons. The second kappa shape index (κ2) is 7.80. The number of fused-ring (bicyclic) bond motifs is 1. The summed E-state index contributed by atoms with van der Waals surface area (Å²) in [4.78, 5) is 29.4. The molecule has 1 saturated carbocycles. The quantitative estimate of drug-likeness (QED) is 0.748. The Morgan fingerprint density at radius 2 is 1.93 bits per heavy atom. The molecule has 2 aliphatic rings. The van der Waals surface area contributed by atoms with Crippen molar-refractivity contribution in [3.05, 3.63) is 65.0 Å². The van der Waals surface area contributed by atoms with Crippen molar-refractivity contribution in [2.24, 2.45) is 17.8 Å². The number of benzene rings is 1. The van der Waals surface area contributed by atoms with Crippen LogP contribution in [-0.2, 0) is 4.74 Å². The first-order valence-corrected chi connectivity index (χ1v) is 9.58. The molecule has 1 aliphatic heterocycles. The number of rotatable bonds is 7. The minimum Gasteiger partial charge on any atom is -0.381 e. The Hall–Kier alpha value is -2.60. The maximum absolute atomic E-state index is 13.9. The van der Waals surface area contributed by atoms with Gasteiger partial charge < -0.3 is 10.1 Å². The Labute approximate surface area is 163 Å². The van der Waals surface area contributed by atoms with Gasteiger partial charge in [-0.15, -0.1) is 0 Å². The number of amides is 1. The van der Waals surface area contributed by atoms with E-state index in [0.717, 1.165) is 18.8 Å². The average Bonchev–Trinajstić information content (AvgIpc) is 3.14. The van der Waals surface area contributed by atoms with Crippen LogP contribution < -0.4 is 5.32 Å². The highest BCUT2D eigenvalue weighted by molar-refractivity contribution is 6.00. The van der Waals surface area contributed by atoms with Gasteiger partial charge in [0.25, 0.3) is 5.91 Å². The SMILES string of the molecule is CNC(=O)c1cc(C(=O)CC2[C@H]3COC[C@@H]23)cc([C@@H](CF)c2ccccc2)n1. The van der Waals surface area contributed by atoms with E-state index in [9.17, 15) is 14.0 Å². The highest BCUT2D eigenvalue weighted by atomic mass is 19.1. The molecule has 1 aromatic heterocycles. The molecule has 2 fully saturated rings. The normalized spacial score (nSPS) is 23.7. The van der Waals surface area contributed by atoms with Gasteiger partial charge in [0.05, 0.1) is 24.8 Å². The molecule has 0 bridgehead atoms. The summed E-state index contributed by atoms with van der Waals surface area (Å²) in [6.07, 6.45) is 0.432. The summed E-state index contributed by atoms with van der Waals surface area (Å²) in [6, 6.07) is 12.3. The zero-order valence-electron chi connectivity index (χ0n) is 15.7. The van der Waals surface area contributed by atoms with Gasteiger partial charge in [-0.05, 0) is 35.4 Å². The number of carbonyl (C=O) groups is 2. The van der Waals surface area contributed by atoms with Crippen LogP contribution in [0.5, 0.6) is 0 Å². The monoisotopic (exact) mass is 382 g/mol. The van der Waals surface area contributed by atoms with Crippen LogP contribution in [-0.4, -0.2) is 43.6 Å². The second-order valence-corrected chi connectivity index (χ2v) is 7.52. The van der Waals surface area contributed by atoms with Gasteiger partial charge in [-0.2, -0.15) is 0 Å². The molecule has 1 amide bonds. The zero-order valence-corrected chi connectivity index (χ0v) is 15.7. The molecule has 1 saturated heterocycles. The van der Waals surface area contributed by atoms with Crippen molar-refractivity contribution < 1.29 is 18.7 Å². The molecule has 2 aromatic rings. The van der Waals surface area contributed by atoms with Crippen LogP contribution in [0.25, 0.3) is 0 Å². The van der Waals surface area contributed by atoms with Crippen LogP contribution in [0.15, 0.2) is 42.5 Å². The third-order valence-electron chi connectivity index (χ3n) is 5.89. The van der Waals surface area contributed by atoms with Crippen LogP contribution in [0, 0.1) is 17.8 Å². The van der Waals surface area contributed by atoms with Crippen LogP contribution >= 0.6 is 0 Å². The van der Waals surface area contributed by atoms with Crippen molar-refractivity contribution in [1.82, 2.24) is 10.3 Å². The Morgan fingerprint density at radius 3 is 2.57 bits per heavy atom. The molecule has 2 heterocycles. The maximum atomic E-state index is 13.9. The van der Waals surface area contributed by atoms with Gasteiger partial charge in [-0.25, -0.2) is 4.98 Å². The number of ether oxygens (including phenoxy) is 1. The number of hydrogen-bond donors (Lipinski definition) is 1. The molecule has 1 aromatic carbocycles. The number of Topliss-reactive ketones (excluding diaryl/α,β-unsaturated/α-hetero) is 1. The lowest BCUT2D eigenvalue weighted by molar-refractivity contribution is 0.0950. The maximum Gasteiger partial charge on any atom is 0.269 e. The molecule has 1 N–H and O–H groups in total. The Bertz CT molecular complexity index is 877. The topological polar surface area (TPSA) is 68.3 Å². The van der Waals surface area contributed by atoms with E-state index in [0.29, 0.717) is 35.4 Å². The number of ketones is 1. The predicted octanol–water partition coefficient (Wildman–Crippen LogP) is 3.01. The number of carbonyl (C=O) groups excluding carboxylic acids is 2. The first-order chi connectivity index (χ1) is 13.6. The number of nitrogens with zero attached hydrogens (tertiary/aromatic N) is 1. The van der Waals surface area contributed by atoms with Crippen LogP contribution in [0.2, 0.25) is 0 Å². The van der Waals surface area contributed by atoms with E-state index < -0.39 is 18.5 Å². The smallest absolute Gasteiger partial charge is 0.269 e. The molecule has 0 spiro atoms. The molecule has 6 heteroatoms. The molecule has 4 rings (SSSR count). The van der Waals surface area contributed by atoms with Gasteiger partial charge in [-0.3, -0.25) is 14.0 Å². The van der Waals surface area contributed by atoms with E-state index in [4.69, 9.17) is 4.74 Å². The number of pyridine rings is 1. The highest BCUT2D eigenvalue weighted by Gasteiger charge is 2.54. The van der Waals surface area contributed by atoms with Crippen molar-refractivity contribution in [2.45, 2.75) is 12.3 Å². The summed E-state index contributed by atoms with van der Waals surface area (Å²) in [5, 5.41) is 2.53. The summed E-state index contributed by atoms with van der Waals surface area (Å²) >= 11 is 0. The minimum atomic E-state index is -0.661. The Balaban J connectivity index is 1.65. The summed E-state index contributed by atoms with van der Waals surface area (Å²) in [5.74, 6) is 0.272.